The minimum Gasteiger partial charge on any atom is -0.339 e. The Morgan fingerprint density at radius 1 is 1.35 bits per heavy atom. The van der Waals surface area contributed by atoms with Gasteiger partial charge < -0.3 is 10.6 Å². The van der Waals surface area contributed by atoms with E-state index in [9.17, 15) is 4.79 Å². The molecule has 0 radical (unpaired) electrons. The average Bonchev–Trinajstić information content (AvgIpc) is 2.39. The Balaban J connectivity index is 2.00. The van der Waals surface area contributed by atoms with Gasteiger partial charge in [0.05, 0.1) is 18.0 Å². The lowest BCUT2D eigenvalue weighted by Crippen LogP contribution is -2.41. The van der Waals surface area contributed by atoms with Gasteiger partial charge in [0.2, 0.25) is 0 Å². The van der Waals surface area contributed by atoms with Crippen molar-refractivity contribution in [2.24, 2.45) is 5.73 Å². The molecule has 0 aromatic carbocycles. The van der Waals surface area contributed by atoms with Crippen LogP contribution in [0.4, 0.5) is 0 Å². The Morgan fingerprint density at radius 2 is 2.06 bits per heavy atom. The van der Waals surface area contributed by atoms with Crippen molar-refractivity contribution in [1.29, 1.82) is 0 Å². The fraction of sp³-hybridized carbons (Fsp3) is 0.583. The molecule has 2 rings (SSSR count). The largest absolute Gasteiger partial charge is 0.339 e. The van der Waals surface area contributed by atoms with Crippen LogP contribution < -0.4 is 5.73 Å². The molecule has 5 heteroatoms. The van der Waals surface area contributed by atoms with E-state index in [1.54, 1.807) is 6.07 Å². The van der Waals surface area contributed by atoms with Gasteiger partial charge >= 0.3 is 0 Å². The molecular formula is C12H18N4O. The van der Waals surface area contributed by atoms with Crippen LogP contribution in [0.15, 0.2) is 18.5 Å². The summed E-state index contributed by atoms with van der Waals surface area (Å²) in [7, 11) is 1.85. The molecule has 1 fully saturated rings. The van der Waals surface area contributed by atoms with Gasteiger partial charge in [0.25, 0.3) is 5.91 Å². The molecule has 0 atom stereocenters. The Labute approximate surface area is 101 Å². The fourth-order valence-corrected chi connectivity index (χ4v) is 2.28. The zero-order chi connectivity index (χ0) is 12.3. The van der Waals surface area contributed by atoms with Crippen LogP contribution in [0.2, 0.25) is 0 Å². The van der Waals surface area contributed by atoms with E-state index in [0.29, 0.717) is 17.6 Å². The number of carbonyl (C=O) groups is 1. The predicted molar refractivity (Wildman–Crippen MR) is 64.4 cm³/mol. The molecule has 17 heavy (non-hydrogen) atoms. The van der Waals surface area contributed by atoms with E-state index < -0.39 is 0 Å². The molecule has 0 saturated heterocycles. The number of aromatic nitrogens is 2. The summed E-state index contributed by atoms with van der Waals surface area (Å²) < 4.78 is 0. The van der Waals surface area contributed by atoms with Crippen molar-refractivity contribution < 1.29 is 4.79 Å². The van der Waals surface area contributed by atoms with E-state index in [2.05, 4.69) is 10.2 Å². The molecule has 0 unspecified atom stereocenters. The van der Waals surface area contributed by atoms with Gasteiger partial charge in [0, 0.05) is 19.1 Å². The molecule has 1 aliphatic rings. The summed E-state index contributed by atoms with van der Waals surface area (Å²) in [6.45, 7) is 0. The Bertz CT molecular complexity index is 373. The highest BCUT2D eigenvalue weighted by Crippen LogP contribution is 2.22. The third-order valence-electron chi connectivity index (χ3n) is 3.44. The molecule has 0 bridgehead atoms. The summed E-state index contributed by atoms with van der Waals surface area (Å²) in [5, 5.41) is 7.40. The molecule has 5 nitrogen and oxygen atoms in total. The SMILES string of the molecule is CN(C(=O)c1ccnnc1)C1CCC(N)CC1. The van der Waals surface area contributed by atoms with Crippen molar-refractivity contribution in [2.75, 3.05) is 7.05 Å². The van der Waals surface area contributed by atoms with Crippen LogP contribution in [-0.2, 0) is 0 Å². The maximum atomic E-state index is 12.2. The first-order chi connectivity index (χ1) is 8.18. The van der Waals surface area contributed by atoms with E-state index in [1.807, 2.05) is 11.9 Å². The fourth-order valence-electron chi connectivity index (χ4n) is 2.28. The first-order valence-corrected chi connectivity index (χ1v) is 5.98. The van der Waals surface area contributed by atoms with Crippen LogP contribution in [0.1, 0.15) is 36.0 Å². The van der Waals surface area contributed by atoms with Gasteiger partial charge in [-0.15, -0.1) is 0 Å². The lowest BCUT2D eigenvalue weighted by molar-refractivity contribution is 0.0689. The monoisotopic (exact) mass is 234 g/mol. The zero-order valence-corrected chi connectivity index (χ0v) is 10.0. The van der Waals surface area contributed by atoms with Crippen molar-refractivity contribution in [1.82, 2.24) is 15.1 Å². The quantitative estimate of drug-likeness (QED) is 0.822. The second-order valence-electron chi connectivity index (χ2n) is 4.62. The highest BCUT2D eigenvalue weighted by molar-refractivity contribution is 5.93. The van der Waals surface area contributed by atoms with Crippen LogP contribution in [0.5, 0.6) is 0 Å². The number of nitrogens with two attached hydrogens (primary N) is 1. The summed E-state index contributed by atoms with van der Waals surface area (Å²) in [6.07, 6.45) is 7.02. The van der Waals surface area contributed by atoms with Crippen molar-refractivity contribution in [3.05, 3.63) is 24.0 Å². The van der Waals surface area contributed by atoms with Crippen LogP contribution in [0.25, 0.3) is 0 Å². The number of hydrogen-bond donors (Lipinski definition) is 1. The van der Waals surface area contributed by atoms with Crippen molar-refractivity contribution in [2.45, 2.75) is 37.8 Å². The minimum atomic E-state index is 0.0142. The van der Waals surface area contributed by atoms with Gasteiger partial charge in [0.1, 0.15) is 0 Å². The normalized spacial score (nSPS) is 24.4. The first kappa shape index (κ1) is 12.0. The molecule has 2 N–H and O–H groups in total. The van der Waals surface area contributed by atoms with Gasteiger partial charge in [-0.25, -0.2) is 0 Å². The van der Waals surface area contributed by atoms with Gasteiger partial charge in [-0.2, -0.15) is 10.2 Å². The van der Waals surface area contributed by atoms with E-state index in [0.717, 1.165) is 25.7 Å². The molecule has 1 aromatic heterocycles. The highest BCUT2D eigenvalue weighted by atomic mass is 16.2. The molecule has 1 heterocycles. The van der Waals surface area contributed by atoms with E-state index >= 15 is 0 Å². The number of hydrogen-bond acceptors (Lipinski definition) is 4. The lowest BCUT2D eigenvalue weighted by Gasteiger charge is -2.33. The van der Waals surface area contributed by atoms with Gasteiger partial charge in [-0.3, -0.25) is 4.79 Å². The summed E-state index contributed by atoms with van der Waals surface area (Å²) in [5.74, 6) is 0.0142. The average molecular weight is 234 g/mol. The van der Waals surface area contributed by atoms with Crippen LogP contribution >= 0.6 is 0 Å². The number of nitrogens with zero attached hydrogens (tertiary/aromatic N) is 3. The summed E-state index contributed by atoms with van der Waals surface area (Å²) >= 11 is 0. The smallest absolute Gasteiger partial charge is 0.255 e. The Kier molecular flexibility index (Phi) is 3.68. The summed E-state index contributed by atoms with van der Waals surface area (Å²) in [5.41, 5.74) is 6.46. The molecule has 1 saturated carbocycles. The number of amides is 1. The Hall–Kier alpha value is -1.49. The third-order valence-corrected chi connectivity index (χ3v) is 3.44. The van der Waals surface area contributed by atoms with Crippen LogP contribution in [0, 0.1) is 0 Å². The highest BCUT2D eigenvalue weighted by Gasteiger charge is 2.25. The van der Waals surface area contributed by atoms with E-state index in [-0.39, 0.29) is 5.91 Å². The molecule has 0 spiro atoms. The van der Waals surface area contributed by atoms with Crippen LogP contribution in [-0.4, -0.2) is 40.1 Å². The minimum absolute atomic E-state index is 0.0142. The molecule has 92 valence electrons. The maximum Gasteiger partial charge on any atom is 0.255 e. The van der Waals surface area contributed by atoms with Gasteiger partial charge in [0.15, 0.2) is 0 Å². The molecule has 0 aliphatic heterocycles. The van der Waals surface area contributed by atoms with Crippen LogP contribution in [0.3, 0.4) is 0 Å². The van der Waals surface area contributed by atoms with Crippen molar-refractivity contribution in [3.63, 3.8) is 0 Å². The standard InChI is InChI=1S/C12H18N4O/c1-16(11-4-2-10(13)3-5-11)12(17)9-6-7-14-15-8-9/h6-8,10-11H,2-5,13H2,1H3. The first-order valence-electron chi connectivity index (χ1n) is 5.98. The predicted octanol–water partition coefficient (Wildman–Crippen LogP) is 0.818. The van der Waals surface area contributed by atoms with Gasteiger partial charge in [-0.05, 0) is 31.7 Å². The van der Waals surface area contributed by atoms with E-state index in [1.165, 1.54) is 12.4 Å². The third kappa shape index (κ3) is 2.79. The topological polar surface area (TPSA) is 72.1 Å². The number of rotatable bonds is 2. The lowest BCUT2D eigenvalue weighted by atomic mass is 9.91. The second kappa shape index (κ2) is 5.23. The maximum absolute atomic E-state index is 12.2. The van der Waals surface area contributed by atoms with Gasteiger partial charge in [-0.1, -0.05) is 0 Å². The summed E-state index contributed by atoms with van der Waals surface area (Å²) in [4.78, 5) is 14.0. The van der Waals surface area contributed by atoms with E-state index in [4.69, 9.17) is 5.73 Å². The Morgan fingerprint density at radius 3 is 2.65 bits per heavy atom. The second-order valence-corrected chi connectivity index (χ2v) is 4.62. The number of carbonyl (C=O) groups excluding carboxylic acids is 1. The van der Waals surface area contributed by atoms with Crippen molar-refractivity contribution in [3.8, 4) is 0 Å². The molecular weight excluding hydrogens is 216 g/mol. The van der Waals surface area contributed by atoms with Crippen molar-refractivity contribution >= 4 is 5.91 Å². The molecule has 1 amide bonds. The molecule has 1 aromatic rings. The summed E-state index contributed by atoms with van der Waals surface area (Å²) in [6, 6.07) is 2.30. The zero-order valence-electron chi connectivity index (χ0n) is 10.0. The molecule has 1 aliphatic carbocycles.